The van der Waals surface area contributed by atoms with E-state index in [2.05, 4.69) is 36.2 Å². The smallest absolute Gasteiger partial charge is 0.134 e. The van der Waals surface area contributed by atoms with Gasteiger partial charge in [-0.05, 0) is 18.6 Å². The predicted octanol–water partition coefficient (Wildman–Crippen LogP) is 3.30. The lowest BCUT2D eigenvalue weighted by molar-refractivity contribution is 0.200. The van der Waals surface area contributed by atoms with Gasteiger partial charge in [-0.3, -0.25) is 14.6 Å². The van der Waals surface area contributed by atoms with Gasteiger partial charge in [0.15, 0.2) is 0 Å². The molecular formula is C20H20ClN7O. The first-order chi connectivity index (χ1) is 14.1. The first-order valence-electron chi connectivity index (χ1n) is 9.43. The van der Waals surface area contributed by atoms with Crippen LogP contribution in [0.2, 0.25) is 5.15 Å². The van der Waals surface area contributed by atoms with Crippen molar-refractivity contribution in [2.45, 2.75) is 25.9 Å². The van der Waals surface area contributed by atoms with Crippen molar-refractivity contribution >= 4 is 11.6 Å². The number of pyridine rings is 1. The highest BCUT2D eigenvalue weighted by molar-refractivity contribution is 6.30. The number of halogens is 1. The van der Waals surface area contributed by atoms with Gasteiger partial charge >= 0.3 is 0 Å². The van der Waals surface area contributed by atoms with E-state index in [1.165, 1.54) is 5.69 Å². The first kappa shape index (κ1) is 18.1. The Morgan fingerprint density at radius 3 is 3.03 bits per heavy atom. The van der Waals surface area contributed by atoms with E-state index < -0.39 is 0 Å². The summed E-state index contributed by atoms with van der Waals surface area (Å²) in [6.45, 7) is 3.33. The van der Waals surface area contributed by atoms with Gasteiger partial charge in [0.1, 0.15) is 22.3 Å². The maximum atomic E-state index is 6.64. The molecule has 8 nitrogen and oxygen atoms in total. The number of aromatic amines is 1. The number of nitrogens with zero attached hydrogens (tertiary/aromatic N) is 6. The van der Waals surface area contributed by atoms with Gasteiger partial charge in [-0.1, -0.05) is 22.8 Å². The summed E-state index contributed by atoms with van der Waals surface area (Å²) < 4.78 is 6.94. The molecule has 0 saturated heterocycles. The molecule has 0 saturated carbocycles. The number of imidazole rings is 1. The molecule has 1 unspecified atom stereocenters. The molecule has 0 radical (unpaired) electrons. The fourth-order valence-corrected chi connectivity index (χ4v) is 4.16. The molecule has 5 rings (SSSR count). The Morgan fingerprint density at radius 1 is 1.38 bits per heavy atom. The molecule has 9 heteroatoms. The van der Waals surface area contributed by atoms with Gasteiger partial charge in [0.25, 0.3) is 0 Å². The highest BCUT2D eigenvalue weighted by Crippen LogP contribution is 2.37. The third-order valence-corrected chi connectivity index (χ3v) is 5.80. The second kappa shape index (κ2) is 7.13. The van der Waals surface area contributed by atoms with Gasteiger partial charge in [0, 0.05) is 56.3 Å². The Balaban J connectivity index is 1.56. The lowest BCUT2D eigenvalue weighted by Crippen LogP contribution is -2.36. The number of H-pyrrole nitrogens is 1. The summed E-state index contributed by atoms with van der Waals surface area (Å²) in [7, 11) is 1.84. The topological polar surface area (TPSA) is 88.7 Å². The molecule has 4 aromatic heterocycles. The van der Waals surface area contributed by atoms with Crippen molar-refractivity contribution in [3.8, 4) is 11.4 Å². The minimum atomic E-state index is -0.0122. The molecule has 29 heavy (non-hydrogen) atoms. The molecule has 0 spiro atoms. The van der Waals surface area contributed by atoms with Crippen LogP contribution in [0.4, 0.5) is 0 Å². The summed E-state index contributed by atoms with van der Waals surface area (Å²) in [5, 5.41) is 9.33. The number of fused-ring (bicyclic) bond motifs is 1. The molecule has 0 bridgehead atoms. The van der Waals surface area contributed by atoms with Crippen LogP contribution in [0.3, 0.4) is 0 Å². The summed E-state index contributed by atoms with van der Waals surface area (Å²) in [6.07, 6.45) is 6.33. The first-order valence-corrected chi connectivity index (χ1v) is 9.81. The second-order valence-corrected chi connectivity index (χ2v) is 7.60. The van der Waals surface area contributed by atoms with E-state index in [1.54, 1.807) is 17.2 Å². The highest BCUT2D eigenvalue weighted by atomic mass is 35.5. The largest absolute Gasteiger partial charge is 0.361 e. The SMILES string of the molecule is Cc1cc(-c2nn(C)c(Cl)c2CN2CCc3[nH]cnc3C2c2cccnc2)no1. The van der Waals surface area contributed by atoms with Crippen LogP contribution in [0.1, 0.15) is 34.3 Å². The van der Waals surface area contributed by atoms with Crippen molar-refractivity contribution in [2.24, 2.45) is 7.05 Å². The van der Waals surface area contributed by atoms with Crippen molar-refractivity contribution in [2.75, 3.05) is 6.54 Å². The van der Waals surface area contributed by atoms with E-state index in [1.807, 2.05) is 32.3 Å². The van der Waals surface area contributed by atoms with Crippen LogP contribution in [0.25, 0.3) is 11.4 Å². The van der Waals surface area contributed by atoms with Crippen LogP contribution in [-0.2, 0) is 20.0 Å². The van der Waals surface area contributed by atoms with Crippen LogP contribution in [0.15, 0.2) is 41.4 Å². The zero-order valence-corrected chi connectivity index (χ0v) is 16.9. The van der Waals surface area contributed by atoms with Crippen LogP contribution < -0.4 is 0 Å². The summed E-state index contributed by atoms with van der Waals surface area (Å²) in [5.41, 5.74) is 5.65. The summed E-state index contributed by atoms with van der Waals surface area (Å²) in [4.78, 5) is 14.6. The van der Waals surface area contributed by atoms with Crippen LogP contribution in [-0.4, -0.2) is 41.3 Å². The Labute approximate surface area is 172 Å². The molecule has 1 atom stereocenters. The Morgan fingerprint density at radius 2 is 2.28 bits per heavy atom. The van der Waals surface area contributed by atoms with E-state index in [9.17, 15) is 0 Å². The van der Waals surface area contributed by atoms with Crippen molar-refractivity contribution in [3.63, 3.8) is 0 Å². The minimum Gasteiger partial charge on any atom is -0.361 e. The van der Waals surface area contributed by atoms with Gasteiger partial charge in [0.2, 0.25) is 0 Å². The summed E-state index contributed by atoms with van der Waals surface area (Å²) in [6, 6.07) is 5.90. The quantitative estimate of drug-likeness (QED) is 0.556. The van der Waals surface area contributed by atoms with Gasteiger partial charge < -0.3 is 9.51 Å². The van der Waals surface area contributed by atoms with Gasteiger partial charge in [0.05, 0.1) is 18.1 Å². The fourth-order valence-electron chi connectivity index (χ4n) is 3.98. The molecule has 1 aliphatic rings. The average molecular weight is 410 g/mol. The van der Waals surface area contributed by atoms with Gasteiger partial charge in [-0.25, -0.2) is 4.98 Å². The number of aryl methyl sites for hydroxylation is 2. The molecule has 1 N–H and O–H groups in total. The molecule has 0 amide bonds. The van der Waals surface area contributed by atoms with E-state index in [0.717, 1.165) is 41.2 Å². The molecule has 0 aromatic carbocycles. The molecule has 5 heterocycles. The number of nitrogens with one attached hydrogen (secondary N) is 1. The zero-order valence-electron chi connectivity index (χ0n) is 16.1. The van der Waals surface area contributed by atoms with Gasteiger partial charge in [-0.15, -0.1) is 0 Å². The zero-order chi connectivity index (χ0) is 20.0. The predicted molar refractivity (Wildman–Crippen MR) is 107 cm³/mol. The second-order valence-electron chi connectivity index (χ2n) is 7.24. The molecule has 148 valence electrons. The van der Waals surface area contributed by atoms with Crippen molar-refractivity contribution in [3.05, 3.63) is 70.3 Å². The number of aromatic nitrogens is 6. The molecule has 0 fully saturated rings. The van der Waals surface area contributed by atoms with Gasteiger partial charge in [-0.2, -0.15) is 5.10 Å². The number of rotatable bonds is 4. The highest BCUT2D eigenvalue weighted by Gasteiger charge is 2.33. The monoisotopic (exact) mass is 409 g/mol. The standard InChI is InChI=1S/C20H20ClN7O/c1-12-8-16(26-29-12)17-14(20(21)27(2)25-17)10-28-7-5-15-18(24-11-23-15)19(28)13-4-3-6-22-9-13/h3-4,6,8-9,11,19H,5,7,10H2,1-2H3,(H,23,24). The molecule has 0 aliphatic carbocycles. The molecule has 1 aliphatic heterocycles. The van der Waals surface area contributed by atoms with E-state index >= 15 is 0 Å². The van der Waals surface area contributed by atoms with E-state index in [-0.39, 0.29) is 6.04 Å². The van der Waals surface area contributed by atoms with Crippen molar-refractivity contribution in [1.82, 2.24) is 34.8 Å². The minimum absolute atomic E-state index is 0.0122. The lowest BCUT2D eigenvalue weighted by Gasteiger charge is -2.35. The average Bonchev–Trinajstić information content (AvgIpc) is 3.44. The van der Waals surface area contributed by atoms with E-state index in [0.29, 0.717) is 17.4 Å². The Hall–Kier alpha value is -2.97. The summed E-state index contributed by atoms with van der Waals surface area (Å²) >= 11 is 6.64. The van der Waals surface area contributed by atoms with Crippen molar-refractivity contribution in [1.29, 1.82) is 0 Å². The fraction of sp³-hybridized carbons (Fsp3) is 0.300. The Bertz CT molecular complexity index is 1150. The maximum Gasteiger partial charge on any atom is 0.134 e. The maximum absolute atomic E-state index is 6.64. The normalized spacial score (nSPS) is 16.9. The third-order valence-electron chi connectivity index (χ3n) is 5.33. The summed E-state index contributed by atoms with van der Waals surface area (Å²) in [5.74, 6) is 0.736. The van der Waals surface area contributed by atoms with E-state index in [4.69, 9.17) is 16.1 Å². The molecular weight excluding hydrogens is 390 g/mol. The third kappa shape index (κ3) is 3.14. The molecule has 4 aromatic rings. The number of hydrogen-bond donors (Lipinski definition) is 1. The van der Waals surface area contributed by atoms with Crippen LogP contribution in [0, 0.1) is 6.92 Å². The van der Waals surface area contributed by atoms with Crippen LogP contribution in [0.5, 0.6) is 0 Å². The lowest BCUT2D eigenvalue weighted by atomic mass is 9.96. The number of hydrogen-bond acceptors (Lipinski definition) is 6. The Kier molecular flexibility index (Phi) is 4.44. The van der Waals surface area contributed by atoms with Crippen molar-refractivity contribution < 1.29 is 4.52 Å². The van der Waals surface area contributed by atoms with Crippen LogP contribution >= 0.6 is 11.6 Å².